The molecule has 0 aliphatic rings. The number of ether oxygens (including phenoxy) is 1. The van der Waals surface area contributed by atoms with Gasteiger partial charge in [-0.1, -0.05) is 30.3 Å². The van der Waals surface area contributed by atoms with Gasteiger partial charge in [0, 0.05) is 0 Å². The smallest absolute Gasteiger partial charge is 0.321 e. The van der Waals surface area contributed by atoms with Crippen molar-refractivity contribution in [3.8, 4) is 0 Å². The molecule has 17 heavy (non-hydrogen) atoms. The number of hydrogen-bond donors (Lipinski definition) is 1. The van der Waals surface area contributed by atoms with E-state index in [0.29, 0.717) is 6.61 Å². The molecule has 0 aliphatic heterocycles. The van der Waals surface area contributed by atoms with Crippen LogP contribution in [0.1, 0.15) is 19.4 Å². The molecule has 1 aromatic rings. The minimum atomic E-state index is -1.56. The molecule has 0 aromatic heterocycles. The van der Waals surface area contributed by atoms with Crippen LogP contribution in [0.5, 0.6) is 0 Å². The van der Waals surface area contributed by atoms with Crippen molar-refractivity contribution >= 4 is 16.8 Å². The molecule has 0 saturated carbocycles. The number of carboxylic acid groups (broad SMARTS) is 1. The van der Waals surface area contributed by atoms with Crippen molar-refractivity contribution in [2.75, 3.05) is 5.94 Å². The SMILES string of the molecule is CC(C)(C(=O)O)S(=O)COCc1ccccc1. The zero-order chi connectivity index (χ0) is 12.9. The van der Waals surface area contributed by atoms with Gasteiger partial charge in [-0.05, 0) is 19.4 Å². The van der Waals surface area contributed by atoms with Crippen LogP contribution < -0.4 is 0 Å². The number of benzene rings is 1. The second-order valence-corrected chi connectivity index (χ2v) is 6.06. The topological polar surface area (TPSA) is 63.6 Å². The Morgan fingerprint density at radius 3 is 2.47 bits per heavy atom. The molecule has 0 aliphatic carbocycles. The van der Waals surface area contributed by atoms with Gasteiger partial charge < -0.3 is 9.84 Å². The van der Waals surface area contributed by atoms with Crippen molar-refractivity contribution in [3.63, 3.8) is 0 Å². The lowest BCUT2D eigenvalue weighted by molar-refractivity contribution is -0.139. The Balaban J connectivity index is 2.42. The van der Waals surface area contributed by atoms with Crippen LogP contribution in [0.4, 0.5) is 0 Å². The minimum absolute atomic E-state index is 0.0752. The zero-order valence-corrected chi connectivity index (χ0v) is 10.7. The molecule has 0 radical (unpaired) electrons. The maximum atomic E-state index is 11.7. The molecule has 5 heteroatoms. The molecular weight excluding hydrogens is 240 g/mol. The molecule has 0 spiro atoms. The summed E-state index contributed by atoms with van der Waals surface area (Å²) < 4.78 is 15.7. The predicted molar refractivity (Wildman–Crippen MR) is 66.0 cm³/mol. The summed E-state index contributed by atoms with van der Waals surface area (Å²) in [5, 5.41) is 8.88. The fourth-order valence-electron chi connectivity index (χ4n) is 1.05. The summed E-state index contributed by atoms with van der Waals surface area (Å²) in [7, 11) is -1.56. The first-order chi connectivity index (χ1) is 7.94. The lowest BCUT2D eigenvalue weighted by Crippen LogP contribution is -2.38. The van der Waals surface area contributed by atoms with Gasteiger partial charge >= 0.3 is 5.97 Å². The Morgan fingerprint density at radius 2 is 1.94 bits per heavy atom. The van der Waals surface area contributed by atoms with E-state index in [9.17, 15) is 9.00 Å². The average molecular weight is 256 g/mol. The van der Waals surface area contributed by atoms with E-state index < -0.39 is 21.5 Å². The second kappa shape index (κ2) is 5.93. The van der Waals surface area contributed by atoms with Crippen LogP contribution in [0.15, 0.2) is 30.3 Å². The molecule has 1 N–H and O–H groups in total. The van der Waals surface area contributed by atoms with E-state index in [2.05, 4.69) is 0 Å². The number of aliphatic carboxylic acids is 1. The minimum Gasteiger partial charge on any atom is -0.480 e. The van der Waals surface area contributed by atoms with Crippen molar-refractivity contribution < 1.29 is 18.8 Å². The summed E-state index contributed by atoms with van der Waals surface area (Å²) in [6, 6.07) is 9.46. The highest BCUT2D eigenvalue weighted by Gasteiger charge is 2.34. The van der Waals surface area contributed by atoms with Crippen molar-refractivity contribution in [1.82, 2.24) is 0 Å². The van der Waals surface area contributed by atoms with E-state index in [1.165, 1.54) is 13.8 Å². The van der Waals surface area contributed by atoms with Gasteiger partial charge in [-0.3, -0.25) is 9.00 Å². The van der Waals surface area contributed by atoms with Crippen LogP contribution in [0.2, 0.25) is 0 Å². The van der Waals surface area contributed by atoms with Gasteiger partial charge in [-0.15, -0.1) is 0 Å². The largest absolute Gasteiger partial charge is 0.480 e. The quantitative estimate of drug-likeness (QED) is 0.842. The molecule has 4 nitrogen and oxygen atoms in total. The molecule has 1 aromatic carbocycles. The number of hydrogen-bond acceptors (Lipinski definition) is 3. The van der Waals surface area contributed by atoms with Gasteiger partial charge in [-0.2, -0.15) is 0 Å². The van der Waals surface area contributed by atoms with Gasteiger partial charge in [0.15, 0.2) is 0 Å². The van der Waals surface area contributed by atoms with Gasteiger partial charge in [0.25, 0.3) is 0 Å². The Bertz CT molecular complexity index is 400. The summed E-state index contributed by atoms with van der Waals surface area (Å²) in [6.07, 6.45) is 0. The monoisotopic (exact) mass is 256 g/mol. The van der Waals surface area contributed by atoms with Gasteiger partial charge in [0.2, 0.25) is 0 Å². The van der Waals surface area contributed by atoms with Crippen molar-refractivity contribution in [1.29, 1.82) is 0 Å². The highest BCUT2D eigenvalue weighted by Crippen LogP contribution is 2.14. The van der Waals surface area contributed by atoms with Crippen molar-refractivity contribution in [2.45, 2.75) is 25.2 Å². The van der Waals surface area contributed by atoms with E-state index in [4.69, 9.17) is 9.84 Å². The molecule has 94 valence electrons. The van der Waals surface area contributed by atoms with Crippen molar-refractivity contribution in [3.05, 3.63) is 35.9 Å². The Morgan fingerprint density at radius 1 is 1.35 bits per heavy atom. The Labute approximate surface area is 103 Å². The summed E-state index contributed by atoms with van der Waals surface area (Å²) in [5.74, 6) is -1.16. The van der Waals surface area contributed by atoms with Crippen LogP contribution in [0.3, 0.4) is 0 Å². The van der Waals surface area contributed by atoms with Crippen LogP contribution >= 0.6 is 0 Å². The van der Waals surface area contributed by atoms with Crippen LogP contribution in [-0.4, -0.2) is 26.0 Å². The molecule has 0 bridgehead atoms. The molecule has 1 unspecified atom stereocenters. The maximum absolute atomic E-state index is 11.7. The third-order valence-corrected chi connectivity index (χ3v) is 4.08. The lowest BCUT2D eigenvalue weighted by Gasteiger charge is -2.18. The number of carbonyl (C=O) groups is 1. The standard InChI is InChI=1S/C12H16O4S/c1-12(2,11(13)14)17(15)9-16-8-10-6-4-3-5-7-10/h3-7H,8-9H2,1-2H3,(H,13,14). The Kier molecular flexibility index (Phi) is 4.84. The third kappa shape index (κ3) is 3.94. The highest BCUT2D eigenvalue weighted by atomic mass is 32.2. The summed E-state index contributed by atoms with van der Waals surface area (Å²) >= 11 is 0. The van der Waals surface area contributed by atoms with E-state index in [1.54, 1.807) is 0 Å². The fraction of sp³-hybridized carbons (Fsp3) is 0.417. The fourth-order valence-corrected chi connectivity index (χ4v) is 1.78. The number of carboxylic acids is 1. The Hall–Kier alpha value is -1.20. The van der Waals surface area contributed by atoms with E-state index in [-0.39, 0.29) is 5.94 Å². The average Bonchev–Trinajstić information content (AvgIpc) is 2.30. The van der Waals surface area contributed by atoms with Crippen LogP contribution in [0.25, 0.3) is 0 Å². The lowest BCUT2D eigenvalue weighted by atomic mass is 10.2. The van der Waals surface area contributed by atoms with E-state index in [1.807, 2.05) is 30.3 Å². The molecule has 0 saturated heterocycles. The third-order valence-electron chi connectivity index (χ3n) is 2.39. The molecule has 1 rings (SSSR count). The van der Waals surface area contributed by atoms with Crippen LogP contribution in [-0.2, 0) is 26.9 Å². The second-order valence-electron chi connectivity index (χ2n) is 4.11. The maximum Gasteiger partial charge on any atom is 0.321 e. The first-order valence-corrected chi connectivity index (χ1v) is 6.50. The predicted octanol–water partition coefficient (Wildman–Crippen LogP) is 1.77. The van der Waals surface area contributed by atoms with Crippen LogP contribution in [0, 0.1) is 0 Å². The van der Waals surface area contributed by atoms with Gasteiger partial charge in [0.1, 0.15) is 10.7 Å². The van der Waals surface area contributed by atoms with E-state index in [0.717, 1.165) is 5.56 Å². The van der Waals surface area contributed by atoms with Crippen molar-refractivity contribution in [2.24, 2.45) is 0 Å². The first kappa shape index (κ1) is 13.9. The summed E-state index contributed by atoms with van der Waals surface area (Å²) in [6.45, 7) is 3.19. The molecular formula is C12H16O4S. The van der Waals surface area contributed by atoms with Gasteiger partial charge in [0.05, 0.1) is 17.4 Å². The highest BCUT2D eigenvalue weighted by molar-refractivity contribution is 7.87. The normalized spacial score (nSPS) is 13.3. The molecule has 1 atom stereocenters. The molecule has 0 amide bonds. The zero-order valence-electron chi connectivity index (χ0n) is 9.88. The van der Waals surface area contributed by atoms with E-state index >= 15 is 0 Å². The number of rotatable bonds is 6. The van der Waals surface area contributed by atoms with Gasteiger partial charge in [-0.25, -0.2) is 0 Å². The summed E-state index contributed by atoms with van der Waals surface area (Å²) in [4.78, 5) is 10.8. The first-order valence-electron chi connectivity index (χ1n) is 5.18. The molecule has 0 heterocycles. The molecule has 0 fully saturated rings. The summed E-state index contributed by atoms with van der Waals surface area (Å²) in [5.41, 5.74) is 0.970.